The van der Waals surface area contributed by atoms with Gasteiger partial charge in [0.05, 0.1) is 18.2 Å². The van der Waals surface area contributed by atoms with E-state index in [1.54, 1.807) is 24.3 Å². The number of amides is 1. The van der Waals surface area contributed by atoms with Crippen molar-refractivity contribution in [1.82, 2.24) is 5.32 Å². The van der Waals surface area contributed by atoms with Crippen molar-refractivity contribution in [3.63, 3.8) is 0 Å². The smallest absolute Gasteiger partial charge is 0.258 e. The highest BCUT2D eigenvalue weighted by atomic mass is 32.1. The van der Waals surface area contributed by atoms with Gasteiger partial charge >= 0.3 is 0 Å². The number of hydrogen-bond donors (Lipinski definition) is 2. The van der Waals surface area contributed by atoms with Crippen molar-refractivity contribution in [1.29, 1.82) is 0 Å². The number of thiophene rings is 1. The monoisotopic (exact) mass is 401 g/mol. The Bertz CT molecular complexity index is 875. The summed E-state index contributed by atoms with van der Waals surface area (Å²) in [6.45, 7) is 3.67. The Labute approximate surface area is 167 Å². The predicted molar refractivity (Wildman–Crippen MR) is 108 cm³/mol. The lowest BCUT2D eigenvalue weighted by Gasteiger charge is -2.22. The zero-order valence-electron chi connectivity index (χ0n) is 15.8. The Morgan fingerprint density at radius 3 is 2.89 bits per heavy atom. The van der Waals surface area contributed by atoms with Crippen LogP contribution in [0.2, 0.25) is 0 Å². The summed E-state index contributed by atoms with van der Waals surface area (Å²) in [6.07, 6.45) is 2.56. The number of Topliss-reactive ketones (excluding diaryl/α,β-unsaturated/α-hetero) is 1. The molecule has 2 atom stereocenters. The summed E-state index contributed by atoms with van der Waals surface area (Å²) in [6, 6.07) is 8.39. The van der Waals surface area contributed by atoms with Crippen LogP contribution < -0.4 is 14.8 Å². The van der Waals surface area contributed by atoms with Crippen molar-refractivity contribution < 1.29 is 24.2 Å². The lowest BCUT2D eigenvalue weighted by atomic mass is 10.00. The SMILES string of the molecule is CC[C@H](C)[C@H](CO)NC(=O)COc1ccc2c(c1)O/C(=C\c1cccs1)C2=O. The number of ketones is 1. The molecule has 1 aromatic carbocycles. The van der Waals surface area contributed by atoms with E-state index in [1.807, 2.05) is 31.4 Å². The van der Waals surface area contributed by atoms with E-state index in [0.29, 0.717) is 17.1 Å². The first-order valence-corrected chi connectivity index (χ1v) is 10.0. The molecule has 0 saturated carbocycles. The molecule has 1 aliphatic heterocycles. The van der Waals surface area contributed by atoms with Gasteiger partial charge in [-0.1, -0.05) is 26.3 Å². The van der Waals surface area contributed by atoms with Crippen LogP contribution >= 0.6 is 11.3 Å². The molecule has 2 N–H and O–H groups in total. The number of nitrogens with one attached hydrogen (secondary N) is 1. The maximum Gasteiger partial charge on any atom is 0.258 e. The molecule has 0 radical (unpaired) electrons. The van der Waals surface area contributed by atoms with E-state index in [2.05, 4.69) is 5.32 Å². The van der Waals surface area contributed by atoms with Gasteiger partial charge in [0.25, 0.3) is 5.91 Å². The lowest BCUT2D eigenvalue weighted by Crippen LogP contribution is -2.43. The second-order valence-electron chi connectivity index (χ2n) is 6.64. The van der Waals surface area contributed by atoms with Gasteiger partial charge in [-0.3, -0.25) is 9.59 Å². The van der Waals surface area contributed by atoms with Crippen LogP contribution in [0.1, 0.15) is 35.5 Å². The molecule has 2 heterocycles. The molecular formula is C21H23NO5S. The molecule has 0 fully saturated rings. The summed E-state index contributed by atoms with van der Waals surface area (Å²) in [5.74, 6) is 0.803. The van der Waals surface area contributed by atoms with E-state index < -0.39 is 0 Å². The van der Waals surface area contributed by atoms with Crippen LogP contribution in [0.25, 0.3) is 6.08 Å². The third-order valence-electron chi connectivity index (χ3n) is 4.70. The number of fused-ring (bicyclic) bond motifs is 1. The van der Waals surface area contributed by atoms with Crippen LogP contribution in [0.3, 0.4) is 0 Å². The van der Waals surface area contributed by atoms with Gasteiger partial charge in [0.2, 0.25) is 5.78 Å². The average molecular weight is 401 g/mol. The van der Waals surface area contributed by atoms with Crippen LogP contribution in [0.15, 0.2) is 41.5 Å². The summed E-state index contributed by atoms with van der Waals surface area (Å²) >= 11 is 1.52. The minimum atomic E-state index is -0.310. The van der Waals surface area contributed by atoms with Gasteiger partial charge in [0, 0.05) is 17.0 Å². The first-order valence-electron chi connectivity index (χ1n) is 9.16. The number of carbonyl (C=O) groups is 2. The van der Waals surface area contributed by atoms with Gasteiger partial charge in [-0.25, -0.2) is 0 Å². The molecular weight excluding hydrogens is 378 g/mol. The van der Waals surface area contributed by atoms with E-state index in [9.17, 15) is 14.7 Å². The van der Waals surface area contributed by atoms with Crippen molar-refractivity contribution in [3.8, 4) is 11.5 Å². The third kappa shape index (κ3) is 4.61. The van der Waals surface area contributed by atoms with E-state index >= 15 is 0 Å². The normalized spacial score (nSPS) is 16.4. The Morgan fingerprint density at radius 2 is 2.21 bits per heavy atom. The molecule has 7 heteroatoms. The number of hydrogen-bond acceptors (Lipinski definition) is 6. The Balaban J connectivity index is 1.61. The van der Waals surface area contributed by atoms with E-state index in [1.165, 1.54) is 11.3 Å². The molecule has 0 aliphatic carbocycles. The number of aliphatic hydroxyl groups excluding tert-OH is 1. The van der Waals surface area contributed by atoms with Gasteiger partial charge in [0.15, 0.2) is 12.4 Å². The van der Waals surface area contributed by atoms with Gasteiger partial charge in [-0.2, -0.15) is 0 Å². The third-order valence-corrected chi connectivity index (χ3v) is 5.52. The lowest BCUT2D eigenvalue weighted by molar-refractivity contribution is -0.124. The fourth-order valence-corrected chi connectivity index (χ4v) is 3.46. The van der Waals surface area contributed by atoms with E-state index in [-0.39, 0.29) is 42.6 Å². The zero-order valence-corrected chi connectivity index (χ0v) is 16.6. The molecule has 3 rings (SSSR count). The highest BCUT2D eigenvalue weighted by Crippen LogP contribution is 2.35. The minimum Gasteiger partial charge on any atom is -0.484 e. The average Bonchev–Trinajstić information content (AvgIpc) is 3.32. The highest BCUT2D eigenvalue weighted by molar-refractivity contribution is 7.10. The summed E-state index contributed by atoms with van der Waals surface area (Å²) in [5.41, 5.74) is 0.469. The summed E-state index contributed by atoms with van der Waals surface area (Å²) < 4.78 is 11.2. The standard InChI is InChI=1S/C21H23NO5S/c1-3-13(2)17(11-23)22-20(24)12-26-14-6-7-16-18(9-14)27-19(21(16)25)10-15-5-4-8-28-15/h4-10,13,17,23H,3,11-12H2,1-2H3,(H,22,24)/b19-10-/t13-,17-/m0/s1. The number of aliphatic hydroxyl groups is 1. The van der Waals surface area contributed by atoms with Gasteiger partial charge < -0.3 is 19.9 Å². The fourth-order valence-electron chi connectivity index (χ4n) is 2.81. The quantitative estimate of drug-likeness (QED) is 0.663. The number of rotatable bonds is 8. The molecule has 0 unspecified atom stereocenters. The Morgan fingerprint density at radius 1 is 1.39 bits per heavy atom. The van der Waals surface area contributed by atoms with Crippen molar-refractivity contribution in [2.75, 3.05) is 13.2 Å². The molecule has 1 aromatic heterocycles. The van der Waals surface area contributed by atoms with Gasteiger partial charge in [0.1, 0.15) is 11.5 Å². The molecule has 0 bridgehead atoms. The van der Waals surface area contributed by atoms with Crippen molar-refractivity contribution in [2.45, 2.75) is 26.3 Å². The van der Waals surface area contributed by atoms with Crippen LogP contribution in [0, 0.1) is 5.92 Å². The summed E-state index contributed by atoms with van der Waals surface area (Å²) in [7, 11) is 0. The van der Waals surface area contributed by atoms with Gasteiger partial charge in [-0.15, -0.1) is 11.3 Å². The molecule has 0 spiro atoms. The first kappa shape index (κ1) is 20.1. The molecule has 0 saturated heterocycles. The maximum absolute atomic E-state index is 12.4. The van der Waals surface area contributed by atoms with Crippen LogP contribution in [-0.4, -0.2) is 36.1 Å². The topological polar surface area (TPSA) is 84.9 Å². The number of allylic oxidation sites excluding steroid dienone is 1. The fraction of sp³-hybridized carbons (Fsp3) is 0.333. The number of benzene rings is 1. The van der Waals surface area contributed by atoms with Crippen LogP contribution in [0.5, 0.6) is 11.5 Å². The van der Waals surface area contributed by atoms with Crippen molar-refractivity contribution in [2.24, 2.45) is 5.92 Å². The second-order valence-corrected chi connectivity index (χ2v) is 7.62. The molecule has 1 amide bonds. The summed E-state index contributed by atoms with van der Waals surface area (Å²) in [5, 5.41) is 14.1. The Hall–Kier alpha value is -2.64. The highest BCUT2D eigenvalue weighted by Gasteiger charge is 2.28. The minimum absolute atomic E-state index is 0.116. The maximum atomic E-state index is 12.4. The van der Waals surface area contributed by atoms with Crippen LogP contribution in [-0.2, 0) is 4.79 Å². The number of carbonyl (C=O) groups excluding carboxylic acids is 2. The van der Waals surface area contributed by atoms with E-state index in [0.717, 1.165) is 11.3 Å². The molecule has 1 aliphatic rings. The second kappa shape index (κ2) is 9.03. The van der Waals surface area contributed by atoms with Crippen LogP contribution in [0.4, 0.5) is 0 Å². The predicted octanol–water partition coefficient (Wildman–Crippen LogP) is 3.27. The molecule has 148 valence electrons. The molecule has 6 nitrogen and oxygen atoms in total. The molecule has 28 heavy (non-hydrogen) atoms. The summed E-state index contributed by atoms with van der Waals surface area (Å²) in [4.78, 5) is 25.4. The van der Waals surface area contributed by atoms with Crippen molar-refractivity contribution >= 4 is 29.1 Å². The van der Waals surface area contributed by atoms with E-state index in [4.69, 9.17) is 9.47 Å². The zero-order chi connectivity index (χ0) is 20.1. The largest absolute Gasteiger partial charge is 0.484 e. The number of ether oxygens (including phenoxy) is 2. The van der Waals surface area contributed by atoms with Crippen molar-refractivity contribution in [3.05, 3.63) is 51.9 Å². The first-order chi connectivity index (χ1) is 13.5. The van der Waals surface area contributed by atoms with Gasteiger partial charge in [-0.05, 0) is 29.5 Å². The molecule has 2 aromatic rings. The Kier molecular flexibility index (Phi) is 6.49.